The van der Waals surface area contributed by atoms with Crippen molar-refractivity contribution in [3.63, 3.8) is 0 Å². The molecule has 1 fully saturated rings. The average molecular weight is 330 g/mol. The molecule has 1 amide bonds. The number of carbonyl (C=O) groups is 1. The van der Waals surface area contributed by atoms with Crippen LogP contribution in [0.15, 0.2) is 21.4 Å². The molecular weight excluding hydrogens is 310 g/mol. The summed E-state index contributed by atoms with van der Waals surface area (Å²) in [5.74, 6) is -0.0712. The number of furan rings is 1. The predicted molar refractivity (Wildman–Crippen MR) is 76.1 cm³/mol. The molecule has 0 aromatic carbocycles. The van der Waals surface area contributed by atoms with E-state index in [9.17, 15) is 4.79 Å². The Kier molecular flexibility index (Phi) is 5.05. The highest BCUT2D eigenvalue weighted by Crippen LogP contribution is 2.40. The summed E-state index contributed by atoms with van der Waals surface area (Å²) in [6, 6.07) is 1.69. The first-order valence-electron chi connectivity index (χ1n) is 6.66. The van der Waals surface area contributed by atoms with Crippen molar-refractivity contribution < 1.29 is 13.9 Å². The van der Waals surface area contributed by atoms with Crippen molar-refractivity contribution in [2.45, 2.75) is 32.1 Å². The van der Waals surface area contributed by atoms with Crippen molar-refractivity contribution in [2.75, 3.05) is 20.3 Å². The Morgan fingerprint density at radius 2 is 2.26 bits per heavy atom. The fourth-order valence-corrected chi connectivity index (χ4v) is 3.10. The van der Waals surface area contributed by atoms with Crippen LogP contribution in [-0.2, 0) is 4.74 Å². The van der Waals surface area contributed by atoms with E-state index in [1.165, 1.54) is 31.9 Å². The van der Waals surface area contributed by atoms with Gasteiger partial charge in [0.15, 0.2) is 4.67 Å². The number of methoxy groups -OCH3 is 1. The van der Waals surface area contributed by atoms with Gasteiger partial charge in [-0.15, -0.1) is 0 Å². The van der Waals surface area contributed by atoms with Crippen LogP contribution < -0.4 is 5.32 Å². The lowest BCUT2D eigenvalue weighted by atomic mass is 9.83. The molecule has 0 atom stereocenters. The average Bonchev–Trinajstić information content (AvgIpc) is 3.03. The first kappa shape index (κ1) is 14.6. The molecule has 1 aromatic rings. The van der Waals surface area contributed by atoms with E-state index in [0.717, 1.165) is 19.6 Å². The summed E-state index contributed by atoms with van der Waals surface area (Å²) in [5, 5.41) is 3.03. The van der Waals surface area contributed by atoms with E-state index in [1.807, 2.05) is 0 Å². The normalized spacial score (nSPS) is 17.6. The van der Waals surface area contributed by atoms with Crippen molar-refractivity contribution in [2.24, 2.45) is 5.41 Å². The van der Waals surface area contributed by atoms with Gasteiger partial charge in [-0.3, -0.25) is 4.79 Å². The highest BCUT2D eigenvalue weighted by Gasteiger charge is 2.33. The van der Waals surface area contributed by atoms with Gasteiger partial charge in [-0.2, -0.15) is 0 Å². The Morgan fingerprint density at radius 1 is 1.53 bits per heavy atom. The Bertz CT molecular complexity index is 424. The maximum atomic E-state index is 12.0. The number of hydrogen-bond acceptors (Lipinski definition) is 3. The number of carbonyl (C=O) groups excluding carboxylic acids is 1. The van der Waals surface area contributed by atoms with Crippen molar-refractivity contribution in [1.82, 2.24) is 5.32 Å². The quantitative estimate of drug-likeness (QED) is 0.870. The SMILES string of the molecule is COCCC1(CNC(=O)c2coc(Br)c2)CCCC1. The number of ether oxygens (including phenoxy) is 1. The first-order valence-corrected chi connectivity index (χ1v) is 7.46. The lowest BCUT2D eigenvalue weighted by molar-refractivity contribution is 0.0902. The maximum Gasteiger partial charge on any atom is 0.254 e. The zero-order valence-electron chi connectivity index (χ0n) is 11.2. The minimum absolute atomic E-state index is 0.0712. The van der Waals surface area contributed by atoms with Gasteiger partial charge in [0.05, 0.1) is 5.56 Å². The molecule has 0 bridgehead atoms. The zero-order chi connectivity index (χ0) is 13.7. The molecule has 1 N–H and O–H groups in total. The van der Waals surface area contributed by atoms with E-state index in [4.69, 9.17) is 9.15 Å². The third kappa shape index (κ3) is 3.83. The molecule has 1 aromatic heterocycles. The zero-order valence-corrected chi connectivity index (χ0v) is 12.8. The second-order valence-electron chi connectivity index (χ2n) is 5.27. The summed E-state index contributed by atoms with van der Waals surface area (Å²) in [4.78, 5) is 12.0. The molecule has 1 heterocycles. The third-order valence-corrected chi connectivity index (χ3v) is 4.37. The topological polar surface area (TPSA) is 51.5 Å². The second kappa shape index (κ2) is 6.57. The van der Waals surface area contributed by atoms with Gasteiger partial charge in [-0.1, -0.05) is 12.8 Å². The van der Waals surface area contributed by atoms with E-state index in [-0.39, 0.29) is 11.3 Å². The summed E-state index contributed by atoms with van der Waals surface area (Å²) in [6.07, 6.45) is 7.32. The van der Waals surface area contributed by atoms with Gasteiger partial charge in [0.2, 0.25) is 0 Å². The van der Waals surface area contributed by atoms with Crippen LogP contribution in [0.3, 0.4) is 0 Å². The molecular formula is C14H20BrNO3. The summed E-state index contributed by atoms with van der Waals surface area (Å²) >= 11 is 3.20. The van der Waals surface area contributed by atoms with E-state index in [1.54, 1.807) is 13.2 Å². The molecule has 4 nitrogen and oxygen atoms in total. The monoisotopic (exact) mass is 329 g/mol. The number of rotatable bonds is 6. The summed E-state index contributed by atoms with van der Waals surface area (Å²) in [5.41, 5.74) is 0.777. The minimum atomic E-state index is -0.0712. The van der Waals surface area contributed by atoms with E-state index in [0.29, 0.717) is 10.2 Å². The van der Waals surface area contributed by atoms with Crippen molar-refractivity contribution in [3.8, 4) is 0 Å². The predicted octanol–water partition coefficient (Wildman–Crippen LogP) is 3.37. The third-order valence-electron chi connectivity index (χ3n) is 3.95. The molecule has 0 aliphatic heterocycles. The van der Waals surface area contributed by atoms with E-state index < -0.39 is 0 Å². The van der Waals surface area contributed by atoms with Crippen molar-refractivity contribution in [3.05, 3.63) is 22.6 Å². The van der Waals surface area contributed by atoms with Crippen LogP contribution in [0.25, 0.3) is 0 Å². The first-order chi connectivity index (χ1) is 9.15. The number of hydrogen-bond donors (Lipinski definition) is 1. The molecule has 106 valence electrons. The van der Waals surface area contributed by atoms with Gasteiger partial charge in [0.1, 0.15) is 6.26 Å². The Morgan fingerprint density at radius 3 is 2.84 bits per heavy atom. The van der Waals surface area contributed by atoms with Crippen LogP contribution in [0.5, 0.6) is 0 Å². The minimum Gasteiger partial charge on any atom is -0.457 e. The van der Waals surface area contributed by atoms with Gasteiger partial charge in [0, 0.05) is 26.3 Å². The van der Waals surface area contributed by atoms with Gasteiger partial charge in [0.25, 0.3) is 5.91 Å². The summed E-state index contributed by atoms with van der Waals surface area (Å²) < 4.78 is 10.8. The number of nitrogens with one attached hydrogen (secondary N) is 1. The highest BCUT2D eigenvalue weighted by atomic mass is 79.9. The van der Waals surface area contributed by atoms with Crippen LogP contribution in [0.4, 0.5) is 0 Å². The van der Waals surface area contributed by atoms with Gasteiger partial charge >= 0.3 is 0 Å². The fourth-order valence-electron chi connectivity index (χ4n) is 2.76. The van der Waals surface area contributed by atoms with Crippen LogP contribution in [-0.4, -0.2) is 26.2 Å². The van der Waals surface area contributed by atoms with Gasteiger partial charge in [-0.25, -0.2) is 0 Å². The second-order valence-corrected chi connectivity index (χ2v) is 6.05. The van der Waals surface area contributed by atoms with Crippen molar-refractivity contribution >= 4 is 21.8 Å². The molecule has 0 saturated heterocycles. The molecule has 0 spiro atoms. The van der Waals surface area contributed by atoms with Crippen LogP contribution >= 0.6 is 15.9 Å². The van der Waals surface area contributed by atoms with E-state index in [2.05, 4.69) is 21.2 Å². The van der Waals surface area contributed by atoms with Crippen LogP contribution in [0.1, 0.15) is 42.5 Å². The Labute approximate surface area is 122 Å². The van der Waals surface area contributed by atoms with E-state index >= 15 is 0 Å². The molecule has 2 rings (SSSR count). The highest BCUT2D eigenvalue weighted by molar-refractivity contribution is 9.10. The Hall–Kier alpha value is -0.810. The summed E-state index contributed by atoms with van der Waals surface area (Å²) in [6.45, 7) is 1.48. The van der Waals surface area contributed by atoms with Crippen LogP contribution in [0.2, 0.25) is 0 Å². The smallest absolute Gasteiger partial charge is 0.254 e. The number of halogens is 1. The van der Waals surface area contributed by atoms with Crippen molar-refractivity contribution in [1.29, 1.82) is 0 Å². The molecule has 1 aliphatic rings. The largest absolute Gasteiger partial charge is 0.457 e. The molecule has 5 heteroatoms. The summed E-state index contributed by atoms with van der Waals surface area (Å²) in [7, 11) is 1.73. The molecule has 1 aliphatic carbocycles. The molecule has 1 saturated carbocycles. The molecule has 19 heavy (non-hydrogen) atoms. The fraction of sp³-hybridized carbons (Fsp3) is 0.643. The maximum absolute atomic E-state index is 12.0. The standard InChI is InChI=1S/C14H20BrNO3/c1-18-7-6-14(4-2-3-5-14)10-16-13(17)11-8-12(15)19-9-11/h8-9H,2-7,10H2,1H3,(H,16,17). The molecule has 0 radical (unpaired) electrons. The Balaban J connectivity index is 1.90. The molecule has 0 unspecified atom stereocenters. The van der Waals surface area contributed by atoms with Gasteiger partial charge < -0.3 is 14.5 Å². The van der Waals surface area contributed by atoms with Crippen LogP contribution in [0, 0.1) is 5.41 Å². The lowest BCUT2D eigenvalue weighted by Crippen LogP contribution is -2.36. The van der Waals surface area contributed by atoms with Gasteiger partial charge in [-0.05, 0) is 40.6 Å². The number of amides is 1. The lowest BCUT2D eigenvalue weighted by Gasteiger charge is -2.28.